The minimum absolute atomic E-state index is 0.331. The van der Waals surface area contributed by atoms with Crippen LogP contribution < -0.4 is 0 Å². The van der Waals surface area contributed by atoms with E-state index < -0.39 is 32.7 Å². The number of hydrogen-bond acceptors (Lipinski definition) is 6. The van der Waals surface area contributed by atoms with Crippen LogP contribution in [0.15, 0.2) is 83.8 Å². The van der Waals surface area contributed by atoms with Crippen molar-refractivity contribution in [2.24, 2.45) is 0 Å². The van der Waals surface area contributed by atoms with Crippen LogP contribution in [-0.4, -0.2) is 45.3 Å². The minimum Gasteiger partial charge on any atom is -0.508 e. The highest BCUT2D eigenvalue weighted by atomic mass is 32.2. The Bertz CT molecular complexity index is 1030. The molecule has 0 unspecified atom stereocenters. The highest BCUT2D eigenvalue weighted by Crippen LogP contribution is 2.25. The fourth-order valence-corrected chi connectivity index (χ4v) is 2.47. The smallest absolute Gasteiger partial charge is 0.335 e. The Labute approximate surface area is 171 Å². The maximum absolute atomic E-state index is 10.5. The highest BCUT2D eigenvalue weighted by molar-refractivity contribution is 7.86. The quantitative estimate of drug-likeness (QED) is 0.307. The lowest BCUT2D eigenvalue weighted by Gasteiger charge is -2.00. The summed E-state index contributed by atoms with van der Waals surface area (Å²) in [7, 11) is -4.47. The van der Waals surface area contributed by atoms with Gasteiger partial charge in [-0.15, -0.1) is 0 Å². The van der Waals surface area contributed by atoms with E-state index in [-0.39, 0.29) is 5.75 Å². The second-order valence-electron chi connectivity index (χ2n) is 5.47. The van der Waals surface area contributed by atoms with Crippen molar-refractivity contribution < 1.29 is 43.0 Å². The zero-order valence-corrected chi connectivity index (χ0v) is 16.1. The molecule has 0 spiro atoms. The molecule has 0 aliphatic rings. The number of benzene rings is 3. The van der Waals surface area contributed by atoms with Crippen LogP contribution in [0.25, 0.3) is 0 Å². The second-order valence-corrected chi connectivity index (χ2v) is 6.86. The lowest BCUT2D eigenvalue weighted by Crippen LogP contribution is -1.97. The number of hydrogen-bond donors (Lipinski definition) is 5. The molecule has 9 nitrogen and oxygen atoms in total. The summed E-state index contributed by atoms with van der Waals surface area (Å²) in [5.41, 5.74) is 0.662. The van der Waals surface area contributed by atoms with Gasteiger partial charge < -0.3 is 20.4 Å². The summed E-state index contributed by atoms with van der Waals surface area (Å²) < 4.78 is 29.5. The molecule has 0 saturated carbocycles. The molecule has 3 aromatic rings. The number of rotatable bonds is 3. The Morgan fingerprint density at radius 3 is 1.33 bits per heavy atom. The van der Waals surface area contributed by atoms with Gasteiger partial charge in [-0.2, -0.15) is 8.42 Å². The third-order valence-corrected chi connectivity index (χ3v) is 4.15. The van der Waals surface area contributed by atoms with Gasteiger partial charge in [0, 0.05) is 6.07 Å². The number of phenolic OH excluding ortho intramolecular Hbond substituents is 2. The van der Waals surface area contributed by atoms with Crippen molar-refractivity contribution in [1.82, 2.24) is 0 Å². The molecule has 158 valence electrons. The van der Waals surface area contributed by atoms with Crippen LogP contribution >= 0.6 is 0 Å². The number of carbonyl (C=O) groups is 2. The molecule has 0 aliphatic heterocycles. The second kappa shape index (κ2) is 11.2. The average Bonchev–Trinajstić information content (AvgIpc) is 2.71. The number of carboxylic acid groups (broad SMARTS) is 2. The fourth-order valence-electron chi connectivity index (χ4n) is 1.87. The standard InChI is InChI=1S/2C7H6O2.C6H6O5S/c2*8-7(9)6-4-2-1-3-5-6;7-4-1-2-5(8)6(3-4)12(9,10)11/h2*1-5H,(H,8,9);1-3,7-8H,(H,9,10,11). The lowest BCUT2D eigenvalue weighted by atomic mass is 10.2. The first kappa shape index (κ1) is 24.1. The van der Waals surface area contributed by atoms with E-state index in [9.17, 15) is 18.0 Å². The molecule has 30 heavy (non-hydrogen) atoms. The molecular weight excluding hydrogens is 416 g/mol. The normalized spacial score (nSPS) is 9.90. The van der Waals surface area contributed by atoms with Crippen molar-refractivity contribution in [2.45, 2.75) is 4.90 Å². The number of aromatic hydroxyl groups is 2. The highest BCUT2D eigenvalue weighted by Gasteiger charge is 2.15. The number of carboxylic acids is 2. The predicted octanol–water partition coefficient (Wildman–Crippen LogP) is 3.11. The van der Waals surface area contributed by atoms with E-state index in [1.54, 1.807) is 60.7 Å². The van der Waals surface area contributed by atoms with Gasteiger partial charge in [-0.25, -0.2) is 9.59 Å². The van der Waals surface area contributed by atoms with Gasteiger partial charge in [0.2, 0.25) is 0 Å². The van der Waals surface area contributed by atoms with Crippen LogP contribution in [0.5, 0.6) is 11.5 Å². The van der Waals surface area contributed by atoms with E-state index in [1.165, 1.54) is 0 Å². The molecule has 3 aromatic carbocycles. The van der Waals surface area contributed by atoms with E-state index in [1.807, 2.05) is 0 Å². The lowest BCUT2D eigenvalue weighted by molar-refractivity contribution is 0.0686. The van der Waals surface area contributed by atoms with Crippen LogP contribution in [0.2, 0.25) is 0 Å². The third kappa shape index (κ3) is 8.42. The summed E-state index contributed by atoms with van der Waals surface area (Å²) in [5.74, 6) is -2.71. The minimum atomic E-state index is -4.47. The molecule has 5 N–H and O–H groups in total. The first-order chi connectivity index (χ1) is 14.0. The zero-order valence-electron chi connectivity index (χ0n) is 15.3. The van der Waals surface area contributed by atoms with E-state index in [0.29, 0.717) is 11.1 Å². The van der Waals surface area contributed by atoms with E-state index >= 15 is 0 Å². The van der Waals surface area contributed by atoms with Gasteiger partial charge >= 0.3 is 11.9 Å². The maximum atomic E-state index is 10.5. The Morgan fingerprint density at radius 1 is 0.667 bits per heavy atom. The largest absolute Gasteiger partial charge is 0.508 e. The Kier molecular flexibility index (Phi) is 9.01. The molecule has 0 fully saturated rings. The van der Waals surface area contributed by atoms with Gasteiger partial charge in [0.25, 0.3) is 10.1 Å². The molecule has 0 bridgehead atoms. The molecule has 0 atom stereocenters. The van der Waals surface area contributed by atoms with Crippen LogP contribution in [0.1, 0.15) is 20.7 Å². The summed E-state index contributed by atoms with van der Waals surface area (Å²) in [4.78, 5) is 19.7. The van der Waals surface area contributed by atoms with Crippen LogP contribution in [-0.2, 0) is 10.1 Å². The van der Waals surface area contributed by atoms with E-state index in [2.05, 4.69) is 0 Å². The topological polar surface area (TPSA) is 169 Å². The van der Waals surface area contributed by atoms with Crippen molar-refractivity contribution in [3.63, 3.8) is 0 Å². The molecule has 0 radical (unpaired) electrons. The molecule has 0 aliphatic carbocycles. The number of phenols is 2. The first-order valence-corrected chi connectivity index (χ1v) is 9.52. The summed E-state index contributed by atoms with van der Waals surface area (Å²) in [5, 5.41) is 34.5. The van der Waals surface area contributed by atoms with E-state index in [4.69, 9.17) is 25.0 Å². The SMILES string of the molecule is O=C(O)c1ccccc1.O=C(O)c1ccccc1.O=S(=O)(O)c1cc(O)ccc1O. The van der Waals surface area contributed by atoms with Gasteiger partial charge in [0.15, 0.2) is 0 Å². The first-order valence-electron chi connectivity index (χ1n) is 8.08. The van der Waals surface area contributed by atoms with Gasteiger partial charge in [0.1, 0.15) is 16.4 Å². The molecular formula is C20H18O9S. The number of aromatic carboxylic acids is 2. The molecule has 10 heteroatoms. The van der Waals surface area contributed by atoms with Crippen LogP contribution in [0, 0.1) is 0 Å². The van der Waals surface area contributed by atoms with Crippen LogP contribution in [0.4, 0.5) is 0 Å². The van der Waals surface area contributed by atoms with Gasteiger partial charge in [-0.1, -0.05) is 36.4 Å². The van der Waals surface area contributed by atoms with E-state index in [0.717, 1.165) is 18.2 Å². The fraction of sp³-hybridized carbons (Fsp3) is 0. The van der Waals surface area contributed by atoms with Crippen LogP contribution in [0.3, 0.4) is 0 Å². The Balaban J connectivity index is 0.000000229. The maximum Gasteiger partial charge on any atom is 0.335 e. The van der Waals surface area contributed by atoms with Crippen molar-refractivity contribution in [3.05, 3.63) is 90.0 Å². The molecule has 3 rings (SSSR count). The molecule has 0 amide bonds. The summed E-state index contributed by atoms with van der Waals surface area (Å²) in [6, 6.07) is 19.4. The van der Waals surface area contributed by atoms with Crippen molar-refractivity contribution >= 4 is 22.1 Å². The summed E-state index contributed by atoms with van der Waals surface area (Å²) in [6.45, 7) is 0. The third-order valence-electron chi connectivity index (χ3n) is 3.26. The molecule has 0 heterocycles. The monoisotopic (exact) mass is 434 g/mol. The molecule has 0 saturated heterocycles. The average molecular weight is 434 g/mol. The van der Waals surface area contributed by atoms with Gasteiger partial charge in [-0.05, 0) is 36.4 Å². The van der Waals surface area contributed by atoms with Crippen molar-refractivity contribution in [3.8, 4) is 11.5 Å². The van der Waals surface area contributed by atoms with Gasteiger partial charge in [0.05, 0.1) is 11.1 Å². The predicted molar refractivity (Wildman–Crippen MR) is 106 cm³/mol. The van der Waals surface area contributed by atoms with Crippen molar-refractivity contribution in [2.75, 3.05) is 0 Å². The Hall–Kier alpha value is -3.89. The van der Waals surface area contributed by atoms with Crippen molar-refractivity contribution in [1.29, 1.82) is 0 Å². The van der Waals surface area contributed by atoms with Gasteiger partial charge in [-0.3, -0.25) is 4.55 Å². The summed E-state index contributed by atoms with van der Waals surface area (Å²) >= 11 is 0. The summed E-state index contributed by atoms with van der Waals surface area (Å²) in [6.07, 6.45) is 0. The zero-order chi connectivity index (χ0) is 22.7. The molecule has 0 aromatic heterocycles. The Morgan fingerprint density at radius 2 is 1.07 bits per heavy atom.